The van der Waals surface area contributed by atoms with Gasteiger partial charge in [0.1, 0.15) is 11.0 Å². The zero-order chi connectivity index (χ0) is 13.4. The van der Waals surface area contributed by atoms with E-state index in [-0.39, 0.29) is 5.56 Å². The van der Waals surface area contributed by atoms with Crippen molar-refractivity contribution in [3.05, 3.63) is 40.4 Å². The van der Waals surface area contributed by atoms with Crippen LogP contribution in [0, 0.1) is 6.92 Å². The Hall–Kier alpha value is -2.10. The van der Waals surface area contributed by atoms with E-state index >= 15 is 0 Å². The van der Waals surface area contributed by atoms with Crippen LogP contribution in [0.2, 0.25) is 0 Å². The van der Waals surface area contributed by atoms with Gasteiger partial charge in [-0.1, -0.05) is 25.0 Å². The van der Waals surface area contributed by atoms with Crippen LogP contribution in [0.4, 0.5) is 0 Å². The van der Waals surface area contributed by atoms with Gasteiger partial charge in [0, 0.05) is 17.4 Å². The molecule has 98 valence electrons. The molecule has 2 heterocycles. The molecule has 2 aromatic heterocycles. The number of H-pyrrole nitrogens is 1. The van der Waals surface area contributed by atoms with Crippen molar-refractivity contribution in [1.82, 2.24) is 14.5 Å². The molecule has 0 aliphatic rings. The summed E-state index contributed by atoms with van der Waals surface area (Å²) in [5.74, 6) is 0. The van der Waals surface area contributed by atoms with E-state index in [1.165, 1.54) is 5.56 Å². The molecule has 4 nitrogen and oxygen atoms in total. The third kappa shape index (κ3) is 1.93. The zero-order valence-corrected chi connectivity index (χ0v) is 11.2. The van der Waals surface area contributed by atoms with Gasteiger partial charge < -0.3 is 4.98 Å². The Bertz CT molecular complexity index is 798. The summed E-state index contributed by atoms with van der Waals surface area (Å²) in [5.41, 5.74) is 3.55. The van der Waals surface area contributed by atoms with Gasteiger partial charge in [0.2, 0.25) is 0 Å². The first kappa shape index (κ1) is 12.0. The molecule has 0 radical (unpaired) electrons. The predicted octanol–water partition coefficient (Wildman–Crippen LogP) is 2.99. The number of nitrogens with zero attached hydrogens (tertiary/aromatic N) is 2. The number of nitrogens with one attached hydrogen (secondary N) is 1. The number of hydrogen-bond donors (Lipinski definition) is 1. The van der Waals surface area contributed by atoms with Crippen molar-refractivity contribution in [1.29, 1.82) is 0 Å². The van der Waals surface area contributed by atoms with Gasteiger partial charge in [0.05, 0.1) is 6.33 Å². The maximum atomic E-state index is 12.4. The van der Waals surface area contributed by atoms with Crippen LogP contribution in [0.15, 0.2) is 29.3 Å². The van der Waals surface area contributed by atoms with Crippen LogP contribution < -0.4 is 5.56 Å². The molecule has 0 aliphatic carbocycles. The van der Waals surface area contributed by atoms with Crippen molar-refractivity contribution in [2.24, 2.45) is 0 Å². The normalized spacial score (nSPS) is 11.5. The van der Waals surface area contributed by atoms with Crippen LogP contribution in [-0.4, -0.2) is 14.5 Å². The molecule has 0 fully saturated rings. The Morgan fingerprint density at radius 2 is 2.21 bits per heavy atom. The van der Waals surface area contributed by atoms with E-state index in [4.69, 9.17) is 0 Å². The second-order valence-electron chi connectivity index (χ2n) is 4.99. The molecule has 0 amide bonds. The molecular formula is C15H17N3O. The Morgan fingerprint density at radius 1 is 1.37 bits per heavy atom. The van der Waals surface area contributed by atoms with E-state index in [0.29, 0.717) is 5.52 Å². The van der Waals surface area contributed by atoms with Gasteiger partial charge >= 0.3 is 0 Å². The highest BCUT2D eigenvalue weighted by Crippen LogP contribution is 2.22. The SMILES string of the molecule is CCCCn1cnc2c([nH]c3ccc(C)cc32)c1=O. The number of rotatable bonds is 3. The summed E-state index contributed by atoms with van der Waals surface area (Å²) >= 11 is 0. The lowest BCUT2D eigenvalue weighted by molar-refractivity contribution is 0.608. The Balaban J connectivity index is 2.26. The minimum absolute atomic E-state index is 0.0207. The topological polar surface area (TPSA) is 50.7 Å². The summed E-state index contributed by atoms with van der Waals surface area (Å²) in [6.07, 6.45) is 3.72. The molecule has 1 N–H and O–H groups in total. The number of fused-ring (bicyclic) bond motifs is 3. The number of hydrogen-bond acceptors (Lipinski definition) is 2. The standard InChI is InChI=1S/C15H17N3O/c1-3-4-7-18-9-16-13-11-8-10(2)5-6-12(11)17-14(13)15(18)19/h5-6,8-9,17H,3-4,7H2,1-2H3. The van der Waals surface area contributed by atoms with E-state index in [2.05, 4.69) is 23.0 Å². The van der Waals surface area contributed by atoms with E-state index in [1.807, 2.05) is 19.1 Å². The fraction of sp³-hybridized carbons (Fsp3) is 0.333. The molecule has 0 saturated heterocycles. The van der Waals surface area contributed by atoms with Crippen LogP contribution in [0.25, 0.3) is 21.9 Å². The van der Waals surface area contributed by atoms with Gasteiger partial charge in [-0.05, 0) is 25.5 Å². The quantitative estimate of drug-likeness (QED) is 0.782. The second-order valence-corrected chi connectivity index (χ2v) is 4.99. The highest BCUT2D eigenvalue weighted by Gasteiger charge is 2.10. The first-order valence-electron chi connectivity index (χ1n) is 6.68. The van der Waals surface area contributed by atoms with E-state index in [9.17, 15) is 4.79 Å². The molecule has 0 aliphatic heterocycles. The van der Waals surface area contributed by atoms with Crippen LogP contribution in [0.1, 0.15) is 25.3 Å². The first-order valence-corrected chi connectivity index (χ1v) is 6.68. The van der Waals surface area contributed by atoms with E-state index in [1.54, 1.807) is 10.9 Å². The molecule has 0 spiro atoms. The molecule has 0 unspecified atom stereocenters. The lowest BCUT2D eigenvalue weighted by atomic mass is 10.2. The summed E-state index contributed by atoms with van der Waals surface area (Å²) in [6, 6.07) is 6.10. The maximum absolute atomic E-state index is 12.4. The van der Waals surface area contributed by atoms with Gasteiger partial charge in [-0.3, -0.25) is 9.36 Å². The summed E-state index contributed by atoms with van der Waals surface area (Å²) in [6.45, 7) is 4.89. The molecule has 0 bridgehead atoms. The van der Waals surface area contributed by atoms with Crippen LogP contribution in [0.3, 0.4) is 0 Å². The molecule has 0 saturated carbocycles. The average Bonchev–Trinajstić information content (AvgIpc) is 2.77. The maximum Gasteiger partial charge on any atom is 0.277 e. The smallest absolute Gasteiger partial charge is 0.277 e. The highest BCUT2D eigenvalue weighted by atomic mass is 16.1. The monoisotopic (exact) mass is 255 g/mol. The van der Waals surface area contributed by atoms with Gasteiger partial charge in [-0.15, -0.1) is 0 Å². The number of aromatic nitrogens is 3. The fourth-order valence-electron chi connectivity index (χ4n) is 2.39. The molecule has 0 atom stereocenters. The van der Waals surface area contributed by atoms with Crippen molar-refractivity contribution in [3.63, 3.8) is 0 Å². The lowest BCUT2D eigenvalue weighted by Gasteiger charge is -2.03. The van der Waals surface area contributed by atoms with Crippen molar-refractivity contribution in [2.45, 2.75) is 33.2 Å². The van der Waals surface area contributed by atoms with Gasteiger partial charge in [0.25, 0.3) is 5.56 Å². The van der Waals surface area contributed by atoms with Crippen LogP contribution in [-0.2, 0) is 6.54 Å². The fourth-order valence-corrected chi connectivity index (χ4v) is 2.39. The summed E-state index contributed by atoms with van der Waals surface area (Å²) in [4.78, 5) is 20.0. The minimum atomic E-state index is 0.0207. The number of aryl methyl sites for hydroxylation is 2. The van der Waals surface area contributed by atoms with Crippen molar-refractivity contribution < 1.29 is 0 Å². The molecule has 1 aromatic carbocycles. The third-order valence-electron chi connectivity index (χ3n) is 3.48. The second kappa shape index (κ2) is 4.53. The first-order chi connectivity index (χ1) is 9.20. The molecule has 3 rings (SSSR count). The largest absolute Gasteiger partial charge is 0.349 e. The van der Waals surface area contributed by atoms with E-state index in [0.717, 1.165) is 35.8 Å². The number of benzene rings is 1. The summed E-state index contributed by atoms with van der Waals surface area (Å²) < 4.78 is 1.69. The molecular weight excluding hydrogens is 238 g/mol. The highest BCUT2D eigenvalue weighted by molar-refractivity contribution is 6.04. The van der Waals surface area contributed by atoms with Crippen LogP contribution in [0.5, 0.6) is 0 Å². The predicted molar refractivity (Wildman–Crippen MR) is 77.5 cm³/mol. The van der Waals surface area contributed by atoms with Gasteiger partial charge in [0.15, 0.2) is 0 Å². The number of aromatic amines is 1. The number of unbranched alkanes of at least 4 members (excludes halogenated alkanes) is 1. The average molecular weight is 255 g/mol. The van der Waals surface area contributed by atoms with Crippen molar-refractivity contribution >= 4 is 21.9 Å². The summed E-state index contributed by atoms with van der Waals surface area (Å²) in [5, 5.41) is 1.02. The Kier molecular flexibility index (Phi) is 2.85. The third-order valence-corrected chi connectivity index (χ3v) is 3.48. The molecule has 3 aromatic rings. The molecule has 4 heteroatoms. The Labute approximate surface area is 111 Å². The molecule has 19 heavy (non-hydrogen) atoms. The van der Waals surface area contributed by atoms with E-state index < -0.39 is 0 Å². The Morgan fingerprint density at radius 3 is 3.00 bits per heavy atom. The van der Waals surface area contributed by atoms with Crippen molar-refractivity contribution in [3.8, 4) is 0 Å². The zero-order valence-electron chi connectivity index (χ0n) is 11.2. The van der Waals surface area contributed by atoms with Crippen LogP contribution >= 0.6 is 0 Å². The summed E-state index contributed by atoms with van der Waals surface area (Å²) in [7, 11) is 0. The van der Waals surface area contributed by atoms with Gasteiger partial charge in [-0.2, -0.15) is 0 Å². The van der Waals surface area contributed by atoms with Gasteiger partial charge in [-0.25, -0.2) is 4.98 Å². The lowest BCUT2D eigenvalue weighted by Crippen LogP contribution is -2.20. The van der Waals surface area contributed by atoms with Crippen molar-refractivity contribution in [2.75, 3.05) is 0 Å². The minimum Gasteiger partial charge on any atom is -0.349 e.